The molecule has 0 fully saturated rings. The molecule has 102 valence electrons. The van der Waals surface area contributed by atoms with E-state index in [-0.39, 0.29) is 5.56 Å². The lowest BCUT2D eigenvalue weighted by Crippen LogP contribution is -1.90. The summed E-state index contributed by atoms with van der Waals surface area (Å²) < 4.78 is 14.7. The van der Waals surface area contributed by atoms with Gasteiger partial charge in [0.2, 0.25) is 0 Å². The molecule has 0 saturated carbocycles. The highest BCUT2D eigenvalue weighted by Gasteiger charge is 2.11. The van der Waals surface area contributed by atoms with Crippen LogP contribution in [0, 0.1) is 17.1 Å². The molecule has 0 aliphatic carbocycles. The van der Waals surface area contributed by atoms with E-state index in [1.54, 1.807) is 18.2 Å². The number of fused-ring (bicyclic) bond motifs is 1. The minimum absolute atomic E-state index is 0.00580. The first-order valence-corrected chi connectivity index (χ1v) is 7.21. The predicted octanol–water partition coefficient (Wildman–Crippen LogP) is 5.33. The monoisotopic (exact) mass is 360 g/mol. The summed E-state index contributed by atoms with van der Waals surface area (Å²) in [5, 5.41) is 10.9. The highest BCUT2D eigenvalue weighted by atomic mass is 79.9. The van der Waals surface area contributed by atoms with Crippen molar-refractivity contribution in [3.8, 4) is 17.3 Å². The van der Waals surface area contributed by atoms with E-state index in [1.165, 1.54) is 12.1 Å². The van der Waals surface area contributed by atoms with Gasteiger partial charge in [0.1, 0.15) is 17.0 Å². The zero-order valence-electron chi connectivity index (χ0n) is 10.6. The average molecular weight is 362 g/mol. The molecule has 3 aromatic rings. The van der Waals surface area contributed by atoms with E-state index in [9.17, 15) is 4.39 Å². The smallest absolute Gasteiger partial charge is 0.141 e. The Kier molecular flexibility index (Phi) is 3.62. The Morgan fingerprint density at radius 3 is 2.67 bits per heavy atom. The van der Waals surface area contributed by atoms with Crippen molar-refractivity contribution in [1.82, 2.24) is 4.98 Å². The first-order valence-electron chi connectivity index (χ1n) is 6.04. The first-order chi connectivity index (χ1) is 10.1. The van der Waals surface area contributed by atoms with Crippen LogP contribution in [0.4, 0.5) is 4.39 Å². The molecule has 5 heteroatoms. The van der Waals surface area contributed by atoms with Crippen molar-refractivity contribution in [1.29, 1.82) is 5.26 Å². The fourth-order valence-electron chi connectivity index (χ4n) is 2.16. The maximum atomic E-state index is 13.8. The van der Waals surface area contributed by atoms with Crippen molar-refractivity contribution in [2.24, 2.45) is 0 Å². The number of rotatable bonds is 1. The van der Waals surface area contributed by atoms with Crippen LogP contribution in [0.3, 0.4) is 0 Å². The van der Waals surface area contributed by atoms with Crippen LogP contribution in [-0.2, 0) is 0 Å². The van der Waals surface area contributed by atoms with Crippen LogP contribution in [0.5, 0.6) is 0 Å². The number of aromatic nitrogens is 1. The largest absolute Gasteiger partial charge is 0.235 e. The summed E-state index contributed by atoms with van der Waals surface area (Å²) in [6.45, 7) is 0. The van der Waals surface area contributed by atoms with E-state index < -0.39 is 5.82 Å². The number of nitrogens with zero attached hydrogens (tertiary/aromatic N) is 2. The van der Waals surface area contributed by atoms with Crippen LogP contribution in [0.2, 0.25) is 5.15 Å². The van der Waals surface area contributed by atoms with Gasteiger partial charge in [0.25, 0.3) is 0 Å². The lowest BCUT2D eigenvalue weighted by molar-refractivity contribution is 0.624. The summed E-state index contributed by atoms with van der Waals surface area (Å²) in [7, 11) is 0. The van der Waals surface area contributed by atoms with E-state index in [0.29, 0.717) is 16.4 Å². The van der Waals surface area contributed by atoms with E-state index in [1.807, 2.05) is 18.2 Å². The molecular weight excluding hydrogens is 355 g/mol. The number of hydrogen-bond donors (Lipinski definition) is 0. The third-order valence-electron chi connectivity index (χ3n) is 3.13. The van der Waals surface area contributed by atoms with Crippen molar-refractivity contribution >= 4 is 38.3 Å². The van der Waals surface area contributed by atoms with Gasteiger partial charge < -0.3 is 0 Å². The zero-order valence-corrected chi connectivity index (χ0v) is 12.9. The summed E-state index contributed by atoms with van der Waals surface area (Å²) in [5.41, 5.74) is 1.17. The molecule has 0 N–H and O–H groups in total. The van der Waals surface area contributed by atoms with Gasteiger partial charge in [0.05, 0.1) is 11.3 Å². The maximum absolute atomic E-state index is 13.8. The molecule has 0 saturated heterocycles. The molecule has 0 spiro atoms. The second-order valence-electron chi connectivity index (χ2n) is 4.47. The van der Waals surface area contributed by atoms with Crippen molar-refractivity contribution in [3.63, 3.8) is 0 Å². The topological polar surface area (TPSA) is 36.7 Å². The molecule has 3 rings (SSSR count). The highest BCUT2D eigenvalue weighted by Crippen LogP contribution is 2.31. The molecule has 1 aromatic heterocycles. The molecule has 0 radical (unpaired) electrons. The van der Waals surface area contributed by atoms with Gasteiger partial charge in [0.15, 0.2) is 0 Å². The number of benzene rings is 2. The Morgan fingerprint density at radius 2 is 1.95 bits per heavy atom. The Labute approximate surface area is 133 Å². The van der Waals surface area contributed by atoms with Crippen LogP contribution in [0.15, 0.2) is 46.9 Å². The SMILES string of the molecule is N#Cc1ccc(-c2nc(Cl)cc3ccc(Br)cc23)cc1F. The Balaban J connectivity index is 2.31. The van der Waals surface area contributed by atoms with Crippen LogP contribution >= 0.6 is 27.5 Å². The van der Waals surface area contributed by atoms with Crippen LogP contribution in [0.1, 0.15) is 5.56 Å². The quantitative estimate of drug-likeness (QED) is 0.549. The number of hydrogen-bond acceptors (Lipinski definition) is 2. The molecule has 0 amide bonds. The van der Waals surface area contributed by atoms with Crippen LogP contribution < -0.4 is 0 Å². The Bertz CT molecular complexity index is 903. The standard InChI is InChI=1S/C16H7BrClFN2/c17-12-4-3-9-6-15(18)21-16(13(9)7-12)10-1-2-11(8-20)14(19)5-10/h1-7H. The maximum Gasteiger partial charge on any atom is 0.141 e. The number of nitriles is 1. The van der Waals surface area contributed by atoms with Gasteiger partial charge in [-0.05, 0) is 35.7 Å². The second kappa shape index (κ2) is 5.44. The van der Waals surface area contributed by atoms with E-state index in [0.717, 1.165) is 15.2 Å². The van der Waals surface area contributed by atoms with E-state index in [4.69, 9.17) is 16.9 Å². The van der Waals surface area contributed by atoms with Crippen LogP contribution in [0.25, 0.3) is 22.0 Å². The van der Waals surface area contributed by atoms with Gasteiger partial charge in [-0.1, -0.05) is 39.7 Å². The van der Waals surface area contributed by atoms with Gasteiger partial charge in [-0.25, -0.2) is 9.37 Å². The minimum atomic E-state index is -0.570. The summed E-state index contributed by atoms with van der Waals surface area (Å²) >= 11 is 9.46. The summed E-state index contributed by atoms with van der Waals surface area (Å²) in [6, 6.07) is 13.7. The predicted molar refractivity (Wildman–Crippen MR) is 84.6 cm³/mol. The van der Waals surface area contributed by atoms with Crippen molar-refractivity contribution in [2.75, 3.05) is 0 Å². The highest BCUT2D eigenvalue weighted by molar-refractivity contribution is 9.10. The van der Waals surface area contributed by atoms with Gasteiger partial charge in [-0.2, -0.15) is 5.26 Å². The molecule has 0 aliphatic rings. The average Bonchev–Trinajstić information content (AvgIpc) is 2.47. The molecule has 1 heterocycles. The summed E-state index contributed by atoms with van der Waals surface area (Å²) in [4.78, 5) is 4.30. The molecule has 2 nitrogen and oxygen atoms in total. The first kappa shape index (κ1) is 14.0. The molecule has 2 aromatic carbocycles. The molecule has 21 heavy (non-hydrogen) atoms. The third-order valence-corrected chi connectivity index (χ3v) is 3.81. The van der Waals surface area contributed by atoms with Gasteiger partial charge in [-0.15, -0.1) is 0 Å². The zero-order chi connectivity index (χ0) is 15.0. The van der Waals surface area contributed by atoms with Gasteiger partial charge in [0, 0.05) is 15.4 Å². The molecule has 0 bridgehead atoms. The summed E-state index contributed by atoms with van der Waals surface area (Å²) in [6.07, 6.45) is 0. The van der Waals surface area contributed by atoms with Crippen molar-refractivity contribution < 1.29 is 4.39 Å². The van der Waals surface area contributed by atoms with Gasteiger partial charge >= 0.3 is 0 Å². The lowest BCUT2D eigenvalue weighted by Gasteiger charge is -2.08. The van der Waals surface area contributed by atoms with Crippen molar-refractivity contribution in [2.45, 2.75) is 0 Å². The van der Waals surface area contributed by atoms with E-state index >= 15 is 0 Å². The Hall–Kier alpha value is -1.96. The molecule has 0 unspecified atom stereocenters. The van der Waals surface area contributed by atoms with Crippen LogP contribution in [-0.4, -0.2) is 4.98 Å². The number of pyridine rings is 1. The lowest BCUT2D eigenvalue weighted by atomic mass is 10.0. The molecular formula is C16H7BrClFN2. The fraction of sp³-hybridized carbons (Fsp3) is 0. The third kappa shape index (κ3) is 2.63. The normalized spacial score (nSPS) is 10.6. The van der Waals surface area contributed by atoms with Gasteiger partial charge in [-0.3, -0.25) is 0 Å². The number of halogens is 3. The second-order valence-corrected chi connectivity index (χ2v) is 5.77. The van der Waals surface area contributed by atoms with Crippen molar-refractivity contribution in [3.05, 3.63) is 63.5 Å². The minimum Gasteiger partial charge on any atom is -0.235 e. The van der Waals surface area contributed by atoms with E-state index in [2.05, 4.69) is 20.9 Å². The molecule has 0 atom stereocenters. The Morgan fingerprint density at radius 1 is 1.14 bits per heavy atom. The summed E-state index contributed by atoms with van der Waals surface area (Å²) in [5.74, 6) is -0.570. The molecule has 0 aliphatic heterocycles. The fourth-order valence-corrected chi connectivity index (χ4v) is 2.72.